The van der Waals surface area contributed by atoms with Gasteiger partial charge in [-0.2, -0.15) is 5.10 Å². The van der Waals surface area contributed by atoms with E-state index in [1.165, 1.54) is 14.2 Å². The van der Waals surface area contributed by atoms with Crippen LogP contribution in [0.3, 0.4) is 0 Å². The summed E-state index contributed by atoms with van der Waals surface area (Å²) in [6.45, 7) is 0.425. The summed E-state index contributed by atoms with van der Waals surface area (Å²) in [7, 11) is 3.06. The van der Waals surface area contributed by atoms with Gasteiger partial charge in [0.05, 0.1) is 20.4 Å². The van der Waals surface area contributed by atoms with Gasteiger partial charge in [-0.1, -0.05) is 40.2 Å². The molecule has 6 nitrogen and oxygen atoms in total. The third kappa shape index (κ3) is 5.84. The highest BCUT2D eigenvalue weighted by Gasteiger charge is 2.09. The van der Waals surface area contributed by atoms with E-state index in [4.69, 9.17) is 14.2 Å². The smallest absolute Gasteiger partial charge is 0.271 e. The largest absolute Gasteiger partial charge is 0.497 e. The van der Waals surface area contributed by atoms with Crippen LogP contribution in [0, 0.1) is 0 Å². The maximum Gasteiger partial charge on any atom is 0.271 e. The highest BCUT2D eigenvalue weighted by atomic mass is 79.9. The van der Waals surface area contributed by atoms with Crippen LogP contribution < -0.4 is 19.6 Å². The van der Waals surface area contributed by atoms with Crippen molar-refractivity contribution in [1.29, 1.82) is 0 Å². The molecular formula is C23H21BrN2O4. The van der Waals surface area contributed by atoms with Crippen molar-refractivity contribution in [2.75, 3.05) is 14.2 Å². The van der Waals surface area contributed by atoms with E-state index in [1.54, 1.807) is 24.4 Å². The van der Waals surface area contributed by atoms with Crippen molar-refractivity contribution in [3.63, 3.8) is 0 Å². The SMILES string of the molecule is COc1cc(OC)cc(C(=O)NN=Cc2ccccc2OCc2ccc(Br)cc2)c1. The number of hydrazone groups is 1. The number of nitrogens with zero attached hydrogens (tertiary/aromatic N) is 1. The zero-order valence-electron chi connectivity index (χ0n) is 16.6. The number of halogens is 1. The summed E-state index contributed by atoms with van der Waals surface area (Å²) in [4.78, 5) is 12.4. The van der Waals surface area contributed by atoms with Gasteiger partial charge in [-0.15, -0.1) is 0 Å². The topological polar surface area (TPSA) is 69.2 Å². The number of hydrogen-bond acceptors (Lipinski definition) is 5. The first kappa shape index (κ1) is 21.4. The molecule has 0 atom stereocenters. The number of carbonyl (C=O) groups excluding carboxylic acids is 1. The lowest BCUT2D eigenvalue weighted by Gasteiger charge is -2.09. The molecule has 0 heterocycles. The van der Waals surface area contributed by atoms with Crippen molar-refractivity contribution in [3.05, 3.63) is 87.9 Å². The first-order chi connectivity index (χ1) is 14.6. The van der Waals surface area contributed by atoms with Gasteiger partial charge < -0.3 is 14.2 Å². The summed E-state index contributed by atoms with van der Waals surface area (Å²) < 4.78 is 17.3. The summed E-state index contributed by atoms with van der Waals surface area (Å²) in [6, 6.07) is 20.3. The Kier molecular flexibility index (Phi) is 7.45. The number of carbonyl (C=O) groups is 1. The van der Waals surface area contributed by atoms with Gasteiger partial charge in [0, 0.05) is 21.7 Å². The molecule has 1 N–H and O–H groups in total. The molecule has 0 saturated carbocycles. The molecule has 1 amide bonds. The molecular weight excluding hydrogens is 448 g/mol. The molecule has 7 heteroatoms. The lowest BCUT2D eigenvalue weighted by atomic mass is 10.2. The van der Waals surface area contributed by atoms with E-state index in [0.717, 1.165) is 15.6 Å². The van der Waals surface area contributed by atoms with E-state index in [2.05, 4.69) is 26.5 Å². The first-order valence-corrected chi connectivity index (χ1v) is 9.91. The van der Waals surface area contributed by atoms with Crippen molar-refractivity contribution < 1.29 is 19.0 Å². The lowest BCUT2D eigenvalue weighted by Crippen LogP contribution is -2.17. The Bertz CT molecular complexity index is 1010. The van der Waals surface area contributed by atoms with Crippen LogP contribution in [-0.2, 0) is 6.61 Å². The van der Waals surface area contributed by atoms with Crippen molar-refractivity contribution in [2.24, 2.45) is 5.10 Å². The number of amides is 1. The van der Waals surface area contributed by atoms with Crippen LogP contribution in [0.1, 0.15) is 21.5 Å². The minimum Gasteiger partial charge on any atom is -0.497 e. The van der Waals surface area contributed by atoms with Gasteiger partial charge in [-0.3, -0.25) is 4.79 Å². The molecule has 154 valence electrons. The molecule has 0 bridgehead atoms. The summed E-state index contributed by atoms with van der Waals surface area (Å²) in [5.41, 5.74) is 4.69. The van der Waals surface area contributed by atoms with Crippen LogP contribution in [0.25, 0.3) is 0 Å². The number of methoxy groups -OCH3 is 2. The predicted molar refractivity (Wildman–Crippen MR) is 120 cm³/mol. The van der Waals surface area contributed by atoms with Gasteiger partial charge in [0.25, 0.3) is 5.91 Å². The van der Waals surface area contributed by atoms with E-state index >= 15 is 0 Å². The van der Waals surface area contributed by atoms with Crippen LogP contribution in [0.5, 0.6) is 17.2 Å². The number of benzene rings is 3. The molecule has 0 aliphatic carbocycles. The third-order valence-corrected chi connectivity index (χ3v) is 4.74. The normalized spacial score (nSPS) is 10.6. The van der Waals surface area contributed by atoms with Gasteiger partial charge in [0.1, 0.15) is 23.9 Å². The molecule has 30 heavy (non-hydrogen) atoms. The average Bonchev–Trinajstić information content (AvgIpc) is 2.79. The number of para-hydroxylation sites is 1. The van der Waals surface area contributed by atoms with E-state index in [-0.39, 0.29) is 5.91 Å². The lowest BCUT2D eigenvalue weighted by molar-refractivity contribution is 0.0954. The molecule has 0 aliphatic heterocycles. The standard InChI is InChI=1S/C23H21BrN2O4/c1-28-20-11-18(12-21(13-20)29-2)23(27)26-25-14-17-5-3-4-6-22(17)30-15-16-7-9-19(24)10-8-16/h3-14H,15H2,1-2H3,(H,26,27). The Balaban J connectivity index is 1.66. The quantitative estimate of drug-likeness (QED) is 0.380. The maximum absolute atomic E-state index is 12.4. The summed E-state index contributed by atoms with van der Waals surface area (Å²) in [5, 5.41) is 4.06. The molecule has 0 radical (unpaired) electrons. The van der Waals surface area contributed by atoms with Crippen molar-refractivity contribution in [3.8, 4) is 17.2 Å². The average molecular weight is 469 g/mol. The van der Waals surface area contributed by atoms with E-state index in [9.17, 15) is 4.79 Å². The Morgan fingerprint density at radius 3 is 2.33 bits per heavy atom. The highest BCUT2D eigenvalue weighted by molar-refractivity contribution is 9.10. The van der Waals surface area contributed by atoms with Crippen LogP contribution in [-0.4, -0.2) is 26.3 Å². The molecule has 3 aromatic carbocycles. The highest BCUT2D eigenvalue weighted by Crippen LogP contribution is 2.22. The number of hydrogen-bond donors (Lipinski definition) is 1. The second kappa shape index (κ2) is 10.5. The van der Waals surface area contributed by atoms with Gasteiger partial charge in [-0.25, -0.2) is 5.43 Å². The summed E-state index contributed by atoms with van der Waals surface area (Å²) in [5.74, 6) is 1.34. The molecule has 0 spiro atoms. The molecule has 3 rings (SSSR count). The second-order valence-corrected chi connectivity index (χ2v) is 7.17. The number of rotatable bonds is 8. The van der Waals surface area contributed by atoms with Crippen molar-refractivity contribution in [2.45, 2.75) is 6.61 Å². The van der Waals surface area contributed by atoms with Crippen LogP contribution >= 0.6 is 15.9 Å². The second-order valence-electron chi connectivity index (χ2n) is 6.25. The molecule has 0 saturated heterocycles. The maximum atomic E-state index is 12.4. The van der Waals surface area contributed by atoms with Gasteiger partial charge in [-0.05, 0) is 42.0 Å². The third-order valence-electron chi connectivity index (χ3n) is 4.21. The molecule has 0 aliphatic rings. The molecule has 3 aromatic rings. The molecule has 0 fully saturated rings. The Morgan fingerprint density at radius 1 is 1.00 bits per heavy atom. The van der Waals surface area contributed by atoms with Crippen LogP contribution in [0.2, 0.25) is 0 Å². The van der Waals surface area contributed by atoms with E-state index < -0.39 is 0 Å². The zero-order valence-corrected chi connectivity index (χ0v) is 18.2. The van der Waals surface area contributed by atoms with Crippen LogP contribution in [0.15, 0.2) is 76.3 Å². The van der Waals surface area contributed by atoms with E-state index in [1.807, 2.05) is 48.5 Å². The number of nitrogens with one attached hydrogen (secondary N) is 1. The minimum absolute atomic E-state index is 0.378. The monoisotopic (exact) mass is 468 g/mol. The first-order valence-electron chi connectivity index (χ1n) is 9.12. The van der Waals surface area contributed by atoms with Gasteiger partial charge in [0.15, 0.2) is 0 Å². The number of ether oxygens (including phenoxy) is 3. The zero-order chi connectivity index (χ0) is 21.3. The fourth-order valence-corrected chi connectivity index (χ4v) is 2.89. The molecule has 0 unspecified atom stereocenters. The van der Waals surface area contributed by atoms with Gasteiger partial charge in [0.2, 0.25) is 0 Å². The van der Waals surface area contributed by atoms with Gasteiger partial charge >= 0.3 is 0 Å². The minimum atomic E-state index is -0.378. The molecule has 0 aromatic heterocycles. The fraction of sp³-hybridized carbons (Fsp3) is 0.130. The van der Waals surface area contributed by atoms with Crippen LogP contribution in [0.4, 0.5) is 0 Å². The Labute approximate surface area is 183 Å². The fourth-order valence-electron chi connectivity index (χ4n) is 2.62. The van der Waals surface area contributed by atoms with Crippen molar-refractivity contribution in [1.82, 2.24) is 5.43 Å². The Morgan fingerprint density at radius 2 is 1.67 bits per heavy atom. The Hall–Kier alpha value is -3.32. The summed E-state index contributed by atoms with van der Waals surface area (Å²) in [6.07, 6.45) is 1.55. The predicted octanol–water partition coefficient (Wildman–Crippen LogP) is 4.81. The van der Waals surface area contributed by atoms with Crippen molar-refractivity contribution >= 4 is 28.1 Å². The van der Waals surface area contributed by atoms with E-state index in [0.29, 0.717) is 29.4 Å². The summed E-state index contributed by atoms with van der Waals surface area (Å²) >= 11 is 3.42.